The lowest BCUT2D eigenvalue weighted by atomic mass is 10.00. The van der Waals surface area contributed by atoms with E-state index in [1.54, 1.807) is 0 Å². The molecule has 0 amide bonds. The molecule has 0 heterocycles. The lowest BCUT2D eigenvalue weighted by Gasteiger charge is -2.36. The SMILES string of the molecule is CCCCN(C(C)CC)C(CN)CC(C)C. The Bertz CT molecular complexity index is 157. The van der Waals surface area contributed by atoms with E-state index in [1.165, 1.54) is 32.2 Å². The van der Waals surface area contributed by atoms with Crippen LogP contribution in [0.3, 0.4) is 0 Å². The maximum Gasteiger partial charge on any atom is 0.0223 e. The molecule has 0 rings (SSSR count). The standard InChI is InChI=1S/C14H32N2/c1-6-8-9-16(13(5)7-2)14(11-15)10-12(3)4/h12-14H,6-11,15H2,1-5H3. The van der Waals surface area contributed by atoms with Gasteiger partial charge in [-0.1, -0.05) is 34.1 Å². The number of unbranched alkanes of at least 4 members (excludes halogenated alkanes) is 1. The lowest BCUT2D eigenvalue weighted by Crippen LogP contribution is -2.46. The predicted octanol–water partition coefficient (Wildman–Crippen LogP) is 3.26. The molecular weight excluding hydrogens is 196 g/mol. The fourth-order valence-electron chi connectivity index (χ4n) is 2.25. The van der Waals surface area contributed by atoms with Gasteiger partial charge in [-0.05, 0) is 38.6 Å². The molecule has 2 atom stereocenters. The van der Waals surface area contributed by atoms with Crippen LogP contribution in [-0.2, 0) is 0 Å². The summed E-state index contributed by atoms with van der Waals surface area (Å²) in [5, 5.41) is 0. The Morgan fingerprint density at radius 1 is 1.12 bits per heavy atom. The van der Waals surface area contributed by atoms with E-state index < -0.39 is 0 Å². The molecule has 0 aromatic rings. The normalized spacial score (nSPS) is 15.8. The van der Waals surface area contributed by atoms with Crippen LogP contribution in [0.1, 0.15) is 60.3 Å². The molecule has 2 N–H and O–H groups in total. The summed E-state index contributed by atoms with van der Waals surface area (Å²) >= 11 is 0. The third-order valence-electron chi connectivity index (χ3n) is 3.41. The van der Waals surface area contributed by atoms with Crippen molar-refractivity contribution in [3.8, 4) is 0 Å². The van der Waals surface area contributed by atoms with Crippen LogP contribution in [0.25, 0.3) is 0 Å². The smallest absolute Gasteiger partial charge is 0.0223 e. The van der Waals surface area contributed by atoms with Crippen molar-refractivity contribution in [1.29, 1.82) is 0 Å². The van der Waals surface area contributed by atoms with Gasteiger partial charge >= 0.3 is 0 Å². The first kappa shape index (κ1) is 15.9. The molecule has 0 saturated carbocycles. The number of rotatable bonds is 9. The Kier molecular flexibility index (Phi) is 8.96. The molecule has 0 saturated heterocycles. The Labute approximate surface area is 103 Å². The molecule has 2 unspecified atom stereocenters. The van der Waals surface area contributed by atoms with Gasteiger partial charge < -0.3 is 5.73 Å². The quantitative estimate of drug-likeness (QED) is 0.656. The molecule has 2 nitrogen and oxygen atoms in total. The van der Waals surface area contributed by atoms with E-state index in [4.69, 9.17) is 5.73 Å². The maximum atomic E-state index is 5.94. The second kappa shape index (κ2) is 9.00. The number of nitrogens with two attached hydrogens (primary N) is 1. The minimum atomic E-state index is 0.571. The van der Waals surface area contributed by atoms with Crippen LogP contribution >= 0.6 is 0 Å². The van der Waals surface area contributed by atoms with Crippen molar-refractivity contribution in [1.82, 2.24) is 4.90 Å². The average Bonchev–Trinajstić information content (AvgIpc) is 2.26. The average molecular weight is 228 g/mol. The maximum absolute atomic E-state index is 5.94. The highest BCUT2D eigenvalue weighted by Crippen LogP contribution is 2.16. The molecule has 16 heavy (non-hydrogen) atoms. The van der Waals surface area contributed by atoms with E-state index in [0.29, 0.717) is 12.1 Å². The van der Waals surface area contributed by atoms with E-state index in [0.717, 1.165) is 12.5 Å². The first-order valence-electron chi connectivity index (χ1n) is 7.02. The van der Waals surface area contributed by atoms with E-state index in [-0.39, 0.29) is 0 Å². The molecule has 0 aromatic carbocycles. The zero-order chi connectivity index (χ0) is 12.6. The van der Waals surface area contributed by atoms with Crippen LogP contribution in [0.2, 0.25) is 0 Å². The molecular formula is C14H32N2. The van der Waals surface area contributed by atoms with Gasteiger partial charge in [-0.3, -0.25) is 4.90 Å². The van der Waals surface area contributed by atoms with Crippen LogP contribution < -0.4 is 5.73 Å². The summed E-state index contributed by atoms with van der Waals surface area (Å²) in [4.78, 5) is 2.63. The summed E-state index contributed by atoms with van der Waals surface area (Å²) in [5.74, 6) is 0.738. The van der Waals surface area contributed by atoms with Crippen molar-refractivity contribution in [2.24, 2.45) is 11.7 Å². The largest absolute Gasteiger partial charge is 0.329 e. The summed E-state index contributed by atoms with van der Waals surface area (Å²) in [7, 11) is 0. The molecule has 0 fully saturated rings. The summed E-state index contributed by atoms with van der Waals surface area (Å²) in [5.41, 5.74) is 5.94. The Morgan fingerprint density at radius 3 is 2.12 bits per heavy atom. The highest BCUT2D eigenvalue weighted by Gasteiger charge is 2.21. The second-order valence-electron chi connectivity index (χ2n) is 5.37. The van der Waals surface area contributed by atoms with E-state index in [2.05, 4.69) is 39.5 Å². The van der Waals surface area contributed by atoms with Gasteiger partial charge in [-0.15, -0.1) is 0 Å². The van der Waals surface area contributed by atoms with E-state index in [9.17, 15) is 0 Å². The van der Waals surface area contributed by atoms with E-state index >= 15 is 0 Å². The van der Waals surface area contributed by atoms with Gasteiger partial charge in [0.1, 0.15) is 0 Å². The van der Waals surface area contributed by atoms with Gasteiger partial charge in [0.15, 0.2) is 0 Å². The molecule has 0 aromatic heterocycles. The summed E-state index contributed by atoms with van der Waals surface area (Å²) in [6, 6.07) is 1.24. The summed E-state index contributed by atoms with van der Waals surface area (Å²) in [6.45, 7) is 13.4. The van der Waals surface area contributed by atoms with Crippen LogP contribution in [0, 0.1) is 5.92 Å². The zero-order valence-corrected chi connectivity index (χ0v) is 12.0. The fourth-order valence-corrected chi connectivity index (χ4v) is 2.25. The third-order valence-corrected chi connectivity index (χ3v) is 3.41. The predicted molar refractivity (Wildman–Crippen MR) is 73.7 cm³/mol. The molecule has 0 bridgehead atoms. The molecule has 0 aliphatic carbocycles. The number of hydrogen-bond acceptors (Lipinski definition) is 2. The van der Waals surface area contributed by atoms with Crippen molar-refractivity contribution in [2.75, 3.05) is 13.1 Å². The molecule has 0 spiro atoms. The highest BCUT2D eigenvalue weighted by molar-refractivity contribution is 4.78. The minimum absolute atomic E-state index is 0.571. The molecule has 0 aliphatic heterocycles. The molecule has 0 radical (unpaired) electrons. The third kappa shape index (κ3) is 5.86. The molecule has 0 aliphatic rings. The van der Waals surface area contributed by atoms with Crippen LogP contribution in [0.15, 0.2) is 0 Å². The van der Waals surface area contributed by atoms with Gasteiger partial charge in [0.25, 0.3) is 0 Å². The van der Waals surface area contributed by atoms with Gasteiger partial charge in [0, 0.05) is 18.6 Å². The minimum Gasteiger partial charge on any atom is -0.329 e. The topological polar surface area (TPSA) is 29.3 Å². The van der Waals surface area contributed by atoms with Crippen molar-refractivity contribution in [2.45, 2.75) is 72.4 Å². The van der Waals surface area contributed by atoms with Crippen molar-refractivity contribution >= 4 is 0 Å². The summed E-state index contributed by atoms with van der Waals surface area (Å²) in [6.07, 6.45) is 5.01. The van der Waals surface area contributed by atoms with Gasteiger partial charge in [-0.2, -0.15) is 0 Å². The monoisotopic (exact) mass is 228 g/mol. The number of hydrogen-bond donors (Lipinski definition) is 1. The second-order valence-corrected chi connectivity index (χ2v) is 5.37. The lowest BCUT2D eigenvalue weighted by molar-refractivity contribution is 0.124. The van der Waals surface area contributed by atoms with Crippen LogP contribution in [0.4, 0.5) is 0 Å². The van der Waals surface area contributed by atoms with Gasteiger partial charge in [0.2, 0.25) is 0 Å². The first-order chi connectivity index (χ1) is 7.56. The molecule has 2 heteroatoms. The fraction of sp³-hybridized carbons (Fsp3) is 1.00. The van der Waals surface area contributed by atoms with E-state index in [1.807, 2.05) is 0 Å². The van der Waals surface area contributed by atoms with Crippen molar-refractivity contribution in [3.63, 3.8) is 0 Å². The zero-order valence-electron chi connectivity index (χ0n) is 12.0. The number of nitrogens with zero attached hydrogens (tertiary/aromatic N) is 1. The van der Waals surface area contributed by atoms with Crippen molar-refractivity contribution in [3.05, 3.63) is 0 Å². The molecule has 98 valence electrons. The summed E-state index contributed by atoms with van der Waals surface area (Å²) < 4.78 is 0. The van der Waals surface area contributed by atoms with Crippen LogP contribution in [0.5, 0.6) is 0 Å². The van der Waals surface area contributed by atoms with Gasteiger partial charge in [-0.25, -0.2) is 0 Å². The van der Waals surface area contributed by atoms with Crippen molar-refractivity contribution < 1.29 is 0 Å². The Balaban J connectivity index is 4.41. The van der Waals surface area contributed by atoms with Gasteiger partial charge in [0.05, 0.1) is 0 Å². The highest BCUT2D eigenvalue weighted by atomic mass is 15.2. The Morgan fingerprint density at radius 2 is 1.75 bits per heavy atom. The van der Waals surface area contributed by atoms with Crippen LogP contribution in [-0.4, -0.2) is 30.1 Å². The Hall–Kier alpha value is -0.0800. The first-order valence-corrected chi connectivity index (χ1v) is 7.02.